The molecule has 9 heteroatoms. The van der Waals surface area contributed by atoms with Gasteiger partial charge >= 0.3 is 5.97 Å². The lowest BCUT2D eigenvalue weighted by Crippen LogP contribution is -2.22. The SMILES string of the molecule is Cc1nn(C)c(C)c1NC(=O)COC(=O)Cc1ccccc1[N+](=O)[O-]. The summed E-state index contributed by atoms with van der Waals surface area (Å²) in [5.74, 6) is -1.22. The zero-order valence-electron chi connectivity index (χ0n) is 14.1. The molecule has 1 heterocycles. The van der Waals surface area contributed by atoms with Gasteiger partial charge in [0.25, 0.3) is 11.6 Å². The van der Waals surface area contributed by atoms with Gasteiger partial charge in [-0.25, -0.2) is 0 Å². The molecule has 0 fully saturated rings. The smallest absolute Gasteiger partial charge is 0.311 e. The minimum absolute atomic E-state index is 0.162. The van der Waals surface area contributed by atoms with E-state index >= 15 is 0 Å². The predicted octanol–water partition coefficient (Wildman–Crippen LogP) is 1.67. The number of esters is 1. The molecule has 9 nitrogen and oxygen atoms in total. The Hall–Kier alpha value is -3.23. The van der Waals surface area contributed by atoms with Crippen molar-refractivity contribution in [3.8, 4) is 0 Å². The van der Waals surface area contributed by atoms with Gasteiger partial charge < -0.3 is 10.1 Å². The molecule has 0 bridgehead atoms. The highest BCUT2D eigenvalue weighted by atomic mass is 16.6. The molecule has 132 valence electrons. The van der Waals surface area contributed by atoms with Crippen molar-refractivity contribution < 1.29 is 19.2 Å². The quantitative estimate of drug-likeness (QED) is 0.483. The topological polar surface area (TPSA) is 116 Å². The van der Waals surface area contributed by atoms with E-state index in [1.807, 2.05) is 0 Å². The van der Waals surface area contributed by atoms with Crippen LogP contribution < -0.4 is 5.32 Å². The number of nitro benzene ring substituents is 1. The lowest BCUT2D eigenvalue weighted by Gasteiger charge is -2.07. The minimum Gasteiger partial charge on any atom is -0.455 e. The molecule has 0 radical (unpaired) electrons. The average Bonchev–Trinajstić information content (AvgIpc) is 2.79. The second kappa shape index (κ2) is 7.56. The Kier molecular flexibility index (Phi) is 5.48. The minimum atomic E-state index is -0.718. The number of nitro groups is 1. The van der Waals surface area contributed by atoms with Crippen LogP contribution in [-0.4, -0.2) is 33.2 Å². The van der Waals surface area contributed by atoms with Crippen LogP contribution >= 0.6 is 0 Å². The molecule has 1 amide bonds. The molecule has 0 aliphatic rings. The molecule has 2 aromatic rings. The Morgan fingerprint density at radius 2 is 2.00 bits per heavy atom. The standard InChI is InChI=1S/C16H18N4O5/c1-10-16(11(2)19(3)18-10)17-14(21)9-25-15(22)8-12-6-4-5-7-13(12)20(23)24/h4-7H,8-9H2,1-3H3,(H,17,21). The van der Waals surface area contributed by atoms with Crippen LogP contribution in [0.2, 0.25) is 0 Å². The summed E-state index contributed by atoms with van der Waals surface area (Å²) in [6, 6.07) is 5.89. The number of ether oxygens (including phenoxy) is 1. The van der Waals surface area contributed by atoms with Gasteiger partial charge in [0, 0.05) is 18.7 Å². The molecule has 25 heavy (non-hydrogen) atoms. The molecule has 1 aromatic heterocycles. The van der Waals surface area contributed by atoms with Gasteiger partial charge in [-0.1, -0.05) is 18.2 Å². The number of nitrogens with zero attached hydrogens (tertiary/aromatic N) is 3. The van der Waals surface area contributed by atoms with Crippen molar-refractivity contribution in [2.45, 2.75) is 20.3 Å². The number of carbonyl (C=O) groups is 2. The average molecular weight is 346 g/mol. The van der Waals surface area contributed by atoms with Crippen molar-refractivity contribution in [3.05, 3.63) is 51.3 Å². The molecule has 0 saturated heterocycles. The number of aromatic nitrogens is 2. The maximum Gasteiger partial charge on any atom is 0.311 e. The van der Waals surface area contributed by atoms with E-state index in [9.17, 15) is 19.7 Å². The summed E-state index contributed by atoms with van der Waals surface area (Å²) in [6.07, 6.45) is -0.282. The zero-order chi connectivity index (χ0) is 18.6. The van der Waals surface area contributed by atoms with Crippen molar-refractivity contribution >= 4 is 23.3 Å². The van der Waals surface area contributed by atoms with Crippen LogP contribution in [0, 0.1) is 24.0 Å². The number of hydrogen-bond acceptors (Lipinski definition) is 6. The van der Waals surface area contributed by atoms with E-state index in [2.05, 4.69) is 10.4 Å². The predicted molar refractivity (Wildman–Crippen MR) is 89.1 cm³/mol. The van der Waals surface area contributed by atoms with Gasteiger partial charge in [-0.15, -0.1) is 0 Å². The van der Waals surface area contributed by atoms with Crippen LogP contribution in [0.1, 0.15) is 17.0 Å². The number of anilines is 1. The maximum absolute atomic E-state index is 11.9. The van der Waals surface area contributed by atoms with E-state index < -0.39 is 23.4 Å². The van der Waals surface area contributed by atoms with Crippen molar-refractivity contribution in [2.24, 2.45) is 7.05 Å². The van der Waals surface area contributed by atoms with E-state index in [1.54, 1.807) is 31.6 Å². The molecular formula is C16H18N4O5. The first-order valence-corrected chi connectivity index (χ1v) is 7.47. The van der Waals surface area contributed by atoms with Crippen LogP contribution in [0.5, 0.6) is 0 Å². The van der Waals surface area contributed by atoms with E-state index in [0.29, 0.717) is 11.4 Å². The molecule has 0 spiro atoms. The largest absolute Gasteiger partial charge is 0.455 e. The molecule has 0 saturated carbocycles. The van der Waals surface area contributed by atoms with Gasteiger partial charge in [0.1, 0.15) is 0 Å². The van der Waals surface area contributed by atoms with E-state index in [4.69, 9.17) is 4.74 Å². The van der Waals surface area contributed by atoms with Gasteiger partial charge in [-0.2, -0.15) is 5.10 Å². The first-order valence-electron chi connectivity index (χ1n) is 7.47. The summed E-state index contributed by atoms with van der Waals surface area (Å²) in [5.41, 5.74) is 2.07. The van der Waals surface area contributed by atoms with E-state index in [1.165, 1.54) is 18.2 Å². The van der Waals surface area contributed by atoms with Crippen LogP contribution in [-0.2, 0) is 27.8 Å². The van der Waals surface area contributed by atoms with Crippen molar-refractivity contribution in [1.29, 1.82) is 0 Å². The monoisotopic (exact) mass is 346 g/mol. The summed E-state index contributed by atoms with van der Waals surface area (Å²) >= 11 is 0. The van der Waals surface area contributed by atoms with E-state index in [-0.39, 0.29) is 17.7 Å². The molecule has 0 aliphatic heterocycles. The van der Waals surface area contributed by atoms with Crippen LogP contribution in [0.4, 0.5) is 11.4 Å². The van der Waals surface area contributed by atoms with Gasteiger partial charge in [-0.05, 0) is 13.8 Å². The lowest BCUT2D eigenvalue weighted by molar-refractivity contribution is -0.385. The molecular weight excluding hydrogens is 328 g/mol. The maximum atomic E-state index is 11.9. The normalized spacial score (nSPS) is 10.4. The number of amides is 1. The zero-order valence-corrected chi connectivity index (χ0v) is 14.1. The Bertz CT molecular complexity index is 828. The highest BCUT2D eigenvalue weighted by molar-refractivity contribution is 5.94. The van der Waals surface area contributed by atoms with Gasteiger partial charge in [-0.3, -0.25) is 24.4 Å². The summed E-state index contributed by atoms with van der Waals surface area (Å²) in [5, 5.41) is 17.7. The molecule has 0 atom stereocenters. The number of hydrogen-bond donors (Lipinski definition) is 1. The number of benzene rings is 1. The Balaban J connectivity index is 1.92. The highest BCUT2D eigenvalue weighted by Gasteiger charge is 2.18. The molecule has 1 aromatic carbocycles. The number of nitrogens with one attached hydrogen (secondary N) is 1. The molecule has 1 N–H and O–H groups in total. The number of rotatable bonds is 6. The van der Waals surface area contributed by atoms with Gasteiger partial charge in [0.05, 0.1) is 28.4 Å². The van der Waals surface area contributed by atoms with Crippen molar-refractivity contribution in [1.82, 2.24) is 9.78 Å². The van der Waals surface area contributed by atoms with Crippen molar-refractivity contribution in [2.75, 3.05) is 11.9 Å². The van der Waals surface area contributed by atoms with Crippen LogP contribution in [0.25, 0.3) is 0 Å². The Labute approximate surface area is 143 Å². The first-order chi connectivity index (χ1) is 11.8. The van der Waals surface area contributed by atoms with Crippen LogP contribution in [0.15, 0.2) is 24.3 Å². The fourth-order valence-electron chi connectivity index (χ4n) is 2.32. The summed E-state index contributed by atoms with van der Waals surface area (Å²) < 4.78 is 6.53. The number of aryl methyl sites for hydroxylation is 2. The fraction of sp³-hybridized carbons (Fsp3) is 0.312. The highest BCUT2D eigenvalue weighted by Crippen LogP contribution is 2.19. The number of carbonyl (C=O) groups excluding carboxylic acids is 2. The third-order valence-electron chi connectivity index (χ3n) is 3.66. The number of para-hydroxylation sites is 1. The second-order valence-electron chi connectivity index (χ2n) is 5.44. The van der Waals surface area contributed by atoms with E-state index in [0.717, 1.165) is 5.69 Å². The summed E-state index contributed by atoms with van der Waals surface area (Å²) in [4.78, 5) is 34.1. The molecule has 0 unspecified atom stereocenters. The molecule has 0 aliphatic carbocycles. The van der Waals surface area contributed by atoms with Gasteiger partial charge in [0.15, 0.2) is 6.61 Å². The van der Waals surface area contributed by atoms with Crippen LogP contribution in [0.3, 0.4) is 0 Å². The lowest BCUT2D eigenvalue weighted by atomic mass is 10.1. The second-order valence-corrected chi connectivity index (χ2v) is 5.44. The summed E-state index contributed by atoms with van der Waals surface area (Å²) in [7, 11) is 1.75. The fourth-order valence-corrected chi connectivity index (χ4v) is 2.32. The third-order valence-corrected chi connectivity index (χ3v) is 3.66. The Morgan fingerprint density at radius 3 is 2.60 bits per heavy atom. The third kappa shape index (κ3) is 4.40. The first kappa shape index (κ1) is 18.1. The van der Waals surface area contributed by atoms with Crippen molar-refractivity contribution in [3.63, 3.8) is 0 Å². The Morgan fingerprint density at radius 1 is 1.32 bits per heavy atom. The summed E-state index contributed by atoms with van der Waals surface area (Å²) in [6.45, 7) is 3.08. The van der Waals surface area contributed by atoms with Gasteiger partial charge in [0.2, 0.25) is 0 Å². The molecule has 2 rings (SSSR count).